The maximum atomic E-state index is 12.8. The molecule has 0 spiro atoms. The quantitative estimate of drug-likeness (QED) is 0.792. The number of nitrogens with zero attached hydrogens (tertiary/aromatic N) is 2. The molecule has 5 nitrogen and oxygen atoms in total. The molecule has 1 aliphatic rings. The molecule has 0 radical (unpaired) electrons. The lowest BCUT2D eigenvalue weighted by Gasteiger charge is -2.32. The third kappa shape index (κ3) is 4.41. The standard InChI is InChI=1S/C21H26N2O3/c1-3-13-26-19-5-4-12-23(15-19)21(24)17-8-6-16(7-9-17)18-10-11-20(25-2)22-14-18/h6-11,14,19H,3-5,12-13,15H2,1-2H3. The van der Waals surface area contributed by atoms with Gasteiger partial charge in [0, 0.05) is 43.1 Å². The van der Waals surface area contributed by atoms with E-state index in [4.69, 9.17) is 9.47 Å². The number of rotatable bonds is 6. The van der Waals surface area contributed by atoms with Crippen LogP contribution in [0.5, 0.6) is 5.88 Å². The summed E-state index contributed by atoms with van der Waals surface area (Å²) in [6.07, 6.45) is 4.97. The molecule has 0 N–H and O–H groups in total. The third-order valence-corrected chi connectivity index (χ3v) is 4.63. The lowest BCUT2D eigenvalue weighted by atomic mass is 10.0. The second-order valence-electron chi connectivity index (χ2n) is 6.55. The van der Waals surface area contributed by atoms with Crippen LogP contribution in [0.2, 0.25) is 0 Å². The van der Waals surface area contributed by atoms with Crippen LogP contribution in [0, 0.1) is 0 Å². The van der Waals surface area contributed by atoms with E-state index in [0.717, 1.165) is 43.5 Å². The number of methoxy groups -OCH3 is 1. The van der Waals surface area contributed by atoms with Gasteiger partial charge in [-0.15, -0.1) is 0 Å². The second kappa shape index (κ2) is 8.81. The van der Waals surface area contributed by atoms with Crippen LogP contribution in [-0.4, -0.2) is 48.7 Å². The lowest BCUT2D eigenvalue weighted by Crippen LogP contribution is -2.43. The number of pyridine rings is 1. The number of carbonyl (C=O) groups is 1. The van der Waals surface area contributed by atoms with E-state index in [-0.39, 0.29) is 12.0 Å². The van der Waals surface area contributed by atoms with Crippen molar-refractivity contribution >= 4 is 5.91 Å². The van der Waals surface area contributed by atoms with E-state index in [1.807, 2.05) is 41.3 Å². The van der Waals surface area contributed by atoms with Gasteiger partial charge in [0.2, 0.25) is 5.88 Å². The molecule has 1 unspecified atom stereocenters. The highest BCUT2D eigenvalue weighted by molar-refractivity contribution is 5.94. The predicted octanol–water partition coefficient (Wildman–Crippen LogP) is 3.79. The Morgan fingerprint density at radius 2 is 1.96 bits per heavy atom. The molecule has 1 aromatic heterocycles. The van der Waals surface area contributed by atoms with E-state index in [9.17, 15) is 4.79 Å². The number of likely N-dealkylation sites (tertiary alicyclic amines) is 1. The zero-order valence-corrected chi connectivity index (χ0v) is 15.5. The van der Waals surface area contributed by atoms with Gasteiger partial charge in [0.1, 0.15) is 0 Å². The number of benzene rings is 1. The Labute approximate surface area is 155 Å². The highest BCUT2D eigenvalue weighted by Gasteiger charge is 2.24. The average molecular weight is 354 g/mol. The largest absolute Gasteiger partial charge is 0.481 e. The molecule has 138 valence electrons. The van der Waals surface area contributed by atoms with E-state index in [2.05, 4.69) is 11.9 Å². The van der Waals surface area contributed by atoms with Crippen molar-refractivity contribution in [3.63, 3.8) is 0 Å². The Kier molecular flexibility index (Phi) is 6.23. The van der Waals surface area contributed by atoms with Crippen molar-refractivity contribution < 1.29 is 14.3 Å². The van der Waals surface area contributed by atoms with Crippen LogP contribution >= 0.6 is 0 Å². The van der Waals surface area contributed by atoms with E-state index in [1.165, 1.54) is 0 Å². The summed E-state index contributed by atoms with van der Waals surface area (Å²) >= 11 is 0. The Morgan fingerprint density at radius 1 is 1.19 bits per heavy atom. The fourth-order valence-electron chi connectivity index (χ4n) is 3.20. The molecule has 5 heteroatoms. The monoisotopic (exact) mass is 354 g/mol. The highest BCUT2D eigenvalue weighted by Crippen LogP contribution is 2.22. The van der Waals surface area contributed by atoms with Gasteiger partial charge in [-0.25, -0.2) is 4.98 Å². The average Bonchev–Trinajstić information content (AvgIpc) is 2.72. The summed E-state index contributed by atoms with van der Waals surface area (Å²) in [4.78, 5) is 18.9. The van der Waals surface area contributed by atoms with Crippen molar-refractivity contribution in [1.29, 1.82) is 0 Å². The van der Waals surface area contributed by atoms with Gasteiger partial charge < -0.3 is 14.4 Å². The Morgan fingerprint density at radius 3 is 2.62 bits per heavy atom. The van der Waals surface area contributed by atoms with Crippen LogP contribution in [0.25, 0.3) is 11.1 Å². The first-order valence-electron chi connectivity index (χ1n) is 9.22. The smallest absolute Gasteiger partial charge is 0.253 e. The summed E-state index contributed by atoms with van der Waals surface area (Å²) in [5, 5.41) is 0. The van der Waals surface area contributed by atoms with Crippen molar-refractivity contribution in [3.05, 3.63) is 48.2 Å². The summed E-state index contributed by atoms with van der Waals surface area (Å²) in [5.74, 6) is 0.666. The number of piperidine rings is 1. The van der Waals surface area contributed by atoms with Crippen LogP contribution < -0.4 is 4.74 Å². The lowest BCUT2D eigenvalue weighted by molar-refractivity contribution is 0.00211. The molecule has 1 amide bonds. The van der Waals surface area contributed by atoms with Crippen molar-refractivity contribution in [2.75, 3.05) is 26.8 Å². The third-order valence-electron chi connectivity index (χ3n) is 4.63. The maximum absolute atomic E-state index is 12.8. The van der Waals surface area contributed by atoms with Crippen LogP contribution in [0.15, 0.2) is 42.6 Å². The number of ether oxygens (including phenoxy) is 2. The molecule has 2 aromatic rings. The minimum atomic E-state index is 0.0780. The first-order chi connectivity index (χ1) is 12.7. The molecule has 0 saturated carbocycles. The summed E-state index contributed by atoms with van der Waals surface area (Å²) < 4.78 is 10.9. The molecule has 0 bridgehead atoms. The van der Waals surface area contributed by atoms with Crippen LogP contribution in [0.3, 0.4) is 0 Å². The molecule has 2 heterocycles. The van der Waals surface area contributed by atoms with Crippen molar-refractivity contribution in [1.82, 2.24) is 9.88 Å². The zero-order valence-electron chi connectivity index (χ0n) is 15.5. The summed E-state index contributed by atoms with van der Waals surface area (Å²) in [6, 6.07) is 11.5. The van der Waals surface area contributed by atoms with Crippen molar-refractivity contribution in [3.8, 4) is 17.0 Å². The fraction of sp³-hybridized carbons (Fsp3) is 0.429. The maximum Gasteiger partial charge on any atom is 0.253 e. The molecule has 0 aliphatic carbocycles. The Hall–Kier alpha value is -2.40. The van der Waals surface area contributed by atoms with E-state index >= 15 is 0 Å². The second-order valence-corrected chi connectivity index (χ2v) is 6.55. The van der Waals surface area contributed by atoms with Gasteiger partial charge in [-0.3, -0.25) is 4.79 Å². The molecule has 1 fully saturated rings. The van der Waals surface area contributed by atoms with Crippen molar-refractivity contribution in [2.24, 2.45) is 0 Å². The molecular formula is C21H26N2O3. The summed E-state index contributed by atoms with van der Waals surface area (Å²) in [5.41, 5.74) is 2.74. The van der Waals surface area contributed by atoms with Crippen LogP contribution in [0.4, 0.5) is 0 Å². The summed E-state index contributed by atoms with van der Waals surface area (Å²) in [6.45, 7) is 4.35. The van der Waals surface area contributed by atoms with Gasteiger partial charge in [0.05, 0.1) is 13.2 Å². The molecule has 1 atom stereocenters. The van der Waals surface area contributed by atoms with Gasteiger partial charge in [-0.2, -0.15) is 0 Å². The van der Waals surface area contributed by atoms with Crippen LogP contribution in [-0.2, 0) is 4.74 Å². The highest BCUT2D eigenvalue weighted by atomic mass is 16.5. The normalized spacial score (nSPS) is 17.2. The molecule has 1 aromatic carbocycles. The predicted molar refractivity (Wildman–Crippen MR) is 101 cm³/mol. The van der Waals surface area contributed by atoms with Gasteiger partial charge in [-0.05, 0) is 43.0 Å². The molecule has 3 rings (SSSR count). The molecule has 26 heavy (non-hydrogen) atoms. The number of carbonyl (C=O) groups excluding carboxylic acids is 1. The topological polar surface area (TPSA) is 51.7 Å². The fourth-order valence-corrected chi connectivity index (χ4v) is 3.20. The van der Waals surface area contributed by atoms with Crippen molar-refractivity contribution in [2.45, 2.75) is 32.3 Å². The first kappa shape index (κ1) is 18.4. The van der Waals surface area contributed by atoms with Crippen LogP contribution in [0.1, 0.15) is 36.5 Å². The van der Waals surface area contributed by atoms with E-state index in [1.54, 1.807) is 13.3 Å². The minimum absolute atomic E-state index is 0.0780. The van der Waals surface area contributed by atoms with Gasteiger partial charge in [0.15, 0.2) is 0 Å². The van der Waals surface area contributed by atoms with Gasteiger partial charge >= 0.3 is 0 Å². The number of amides is 1. The molecule has 1 aliphatic heterocycles. The summed E-state index contributed by atoms with van der Waals surface area (Å²) in [7, 11) is 1.60. The zero-order chi connectivity index (χ0) is 18.4. The number of hydrogen-bond acceptors (Lipinski definition) is 4. The number of aromatic nitrogens is 1. The SMILES string of the molecule is CCCOC1CCCN(C(=O)c2ccc(-c3ccc(OC)nc3)cc2)C1. The Bertz CT molecular complexity index is 713. The molecule has 1 saturated heterocycles. The Balaban J connectivity index is 1.66. The number of hydrogen-bond donors (Lipinski definition) is 0. The van der Waals surface area contributed by atoms with E-state index < -0.39 is 0 Å². The van der Waals surface area contributed by atoms with Gasteiger partial charge in [0.25, 0.3) is 5.91 Å². The molecular weight excluding hydrogens is 328 g/mol. The van der Waals surface area contributed by atoms with E-state index in [0.29, 0.717) is 18.0 Å². The van der Waals surface area contributed by atoms with Gasteiger partial charge in [-0.1, -0.05) is 19.1 Å². The first-order valence-corrected chi connectivity index (χ1v) is 9.22. The minimum Gasteiger partial charge on any atom is -0.481 e.